The number of nitrogens with one attached hydrogen (secondary N) is 2. The van der Waals surface area contributed by atoms with Gasteiger partial charge in [-0.1, -0.05) is 6.92 Å². The predicted molar refractivity (Wildman–Crippen MR) is 79.1 cm³/mol. The topological polar surface area (TPSA) is 58.2 Å². The molecule has 0 spiro atoms. The van der Waals surface area contributed by atoms with Crippen LogP contribution < -0.4 is 10.0 Å². The molecule has 20 heavy (non-hydrogen) atoms. The molecule has 2 unspecified atom stereocenters. The van der Waals surface area contributed by atoms with Gasteiger partial charge in [0.25, 0.3) is 0 Å². The van der Waals surface area contributed by atoms with Gasteiger partial charge in [-0.2, -0.15) is 0 Å². The Balaban J connectivity index is 0.00000200. The Morgan fingerprint density at radius 2 is 2.10 bits per heavy atom. The molecule has 0 aliphatic carbocycles. The highest BCUT2D eigenvalue weighted by molar-refractivity contribution is 7.89. The highest BCUT2D eigenvalue weighted by atomic mass is 35.5. The van der Waals surface area contributed by atoms with E-state index in [4.69, 9.17) is 0 Å². The van der Waals surface area contributed by atoms with Crippen LogP contribution in [0.1, 0.15) is 18.9 Å². The van der Waals surface area contributed by atoms with E-state index in [1.54, 1.807) is 6.92 Å². The van der Waals surface area contributed by atoms with E-state index in [0.29, 0.717) is 5.56 Å². The minimum absolute atomic E-state index is 0. The Bertz CT molecular complexity index is 565. The lowest BCUT2D eigenvalue weighted by Gasteiger charge is -2.30. The quantitative estimate of drug-likeness (QED) is 0.892. The van der Waals surface area contributed by atoms with E-state index >= 15 is 0 Å². The van der Waals surface area contributed by atoms with Gasteiger partial charge < -0.3 is 5.32 Å². The first-order valence-corrected chi connectivity index (χ1v) is 7.87. The summed E-state index contributed by atoms with van der Waals surface area (Å²) >= 11 is 0. The summed E-state index contributed by atoms with van der Waals surface area (Å²) in [5.41, 5.74) is 0.334. The molecular weight excluding hydrogens is 303 g/mol. The second-order valence-electron chi connectivity index (χ2n) is 5.11. The van der Waals surface area contributed by atoms with Crippen LogP contribution in [0.3, 0.4) is 0 Å². The van der Waals surface area contributed by atoms with Crippen LogP contribution in [0.2, 0.25) is 0 Å². The van der Waals surface area contributed by atoms with Gasteiger partial charge in [-0.3, -0.25) is 0 Å². The zero-order chi connectivity index (χ0) is 14.0. The summed E-state index contributed by atoms with van der Waals surface area (Å²) in [7, 11) is -3.58. The summed E-state index contributed by atoms with van der Waals surface area (Å²) < 4.78 is 40.4. The standard InChI is InChI=1S/C13H19FN2O2S.ClH/c1-9-7-11(3-4-12(9)14)19(17,18)16-13-5-6-15-8-10(13)2;/h3-4,7,10,13,15-16H,5-6,8H2,1-2H3;1H. The Hall–Kier alpha value is -0.690. The number of benzene rings is 1. The lowest BCUT2D eigenvalue weighted by Crippen LogP contribution is -2.48. The molecule has 4 nitrogen and oxygen atoms in total. The summed E-state index contributed by atoms with van der Waals surface area (Å²) in [6, 6.07) is 3.78. The second-order valence-corrected chi connectivity index (χ2v) is 6.82. The fraction of sp³-hybridized carbons (Fsp3) is 0.538. The Morgan fingerprint density at radius 3 is 2.70 bits per heavy atom. The largest absolute Gasteiger partial charge is 0.316 e. The number of halogens is 2. The normalized spacial score (nSPS) is 23.1. The number of hydrogen-bond donors (Lipinski definition) is 2. The first-order chi connectivity index (χ1) is 8.90. The predicted octanol–water partition coefficient (Wildman–Crippen LogP) is 1.83. The van der Waals surface area contributed by atoms with E-state index in [1.807, 2.05) is 6.92 Å². The molecule has 0 saturated carbocycles. The second kappa shape index (κ2) is 6.85. The molecule has 1 aliphatic rings. The van der Waals surface area contributed by atoms with Crippen molar-refractivity contribution in [3.63, 3.8) is 0 Å². The number of rotatable bonds is 3. The summed E-state index contributed by atoms with van der Waals surface area (Å²) in [6.07, 6.45) is 0.764. The van der Waals surface area contributed by atoms with Crippen LogP contribution in [-0.4, -0.2) is 27.5 Å². The minimum atomic E-state index is -3.58. The fourth-order valence-electron chi connectivity index (χ4n) is 2.24. The van der Waals surface area contributed by atoms with E-state index in [1.165, 1.54) is 18.2 Å². The number of aryl methyl sites for hydroxylation is 1. The monoisotopic (exact) mass is 322 g/mol. The van der Waals surface area contributed by atoms with Crippen molar-refractivity contribution < 1.29 is 12.8 Å². The molecular formula is C13H20ClFN2O2S. The summed E-state index contributed by atoms with van der Waals surface area (Å²) in [5.74, 6) is -0.153. The van der Waals surface area contributed by atoms with Gasteiger partial charge in [0.1, 0.15) is 5.82 Å². The fourth-order valence-corrected chi connectivity index (χ4v) is 3.70. The SMILES string of the molecule is Cc1cc(S(=O)(=O)NC2CCNCC2C)ccc1F.Cl. The van der Waals surface area contributed by atoms with Crippen LogP contribution in [0.4, 0.5) is 4.39 Å². The van der Waals surface area contributed by atoms with Gasteiger partial charge in [0.2, 0.25) is 10.0 Å². The van der Waals surface area contributed by atoms with E-state index in [9.17, 15) is 12.8 Å². The summed E-state index contributed by atoms with van der Waals surface area (Å²) in [5, 5.41) is 3.22. The van der Waals surface area contributed by atoms with E-state index in [0.717, 1.165) is 19.5 Å². The third kappa shape index (κ3) is 3.91. The third-order valence-electron chi connectivity index (χ3n) is 3.53. The summed E-state index contributed by atoms with van der Waals surface area (Å²) in [4.78, 5) is 0.122. The molecule has 1 fully saturated rings. The van der Waals surface area contributed by atoms with Crippen molar-refractivity contribution in [2.45, 2.75) is 31.2 Å². The van der Waals surface area contributed by atoms with E-state index < -0.39 is 15.8 Å². The average Bonchev–Trinajstić information content (AvgIpc) is 2.35. The highest BCUT2D eigenvalue weighted by Gasteiger charge is 2.26. The van der Waals surface area contributed by atoms with Crippen LogP contribution in [0.15, 0.2) is 23.1 Å². The maximum absolute atomic E-state index is 13.2. The molecule has 114 valence electrons. The van der Waals surface area contributed by atoms with Gasteiger partial charge in [0.15, 0.2) is 0 Å². The lowest BCUT2D eigenvalue weighted by molar-refractivity contribution is 0.328. The van der Waals surface area contributed by atoms with Crippen molar-refractivity contribution in [2.75, 3.05) is 13.1 Å². The Morgan fingerprint density at radius 1 is 1.40 bits per heavy atom. The maximum atomic E-state index is 13.2. The molecule has 1 heterocycles. The van der Waals surface area contributed by atoms with Crippen molar-refractivity contribution in [1.29, 1.82) is 0 Å². The average molecular weight is 323 g/mol. The third-order valence-corrected chi connectivity index (χ3v) is 5.02. The van der Waals surface area contributed by atoms with Gasteiger partial charge in [-0.25, -0.2) is 17.5 Å². The van der Waals surface area contributed by atoms with E-state index in [-0.39, 0.29) is 29.3 Å². The molecule has 0 amide bonds. The first-order valence-electron chi connectivity index (χ1n) is 6.39. The van der Waals surface area contributed by atoms with Crippen LogP contribution in [-0.2, 0) is 10.0 Å². The van der Waals surface area contributed by atoms with Gasteiger partial charge in [-0.05, 0) is 56.1 Å². The molecule has 2 atom stereocenters. The molecule has 1 aliphatic heterocycles. The molecule has 7 heteroatoms. The van der Waals surface area contributed by atoms with Crippen molar-refractivity contribution in [3.05, 3.63) is 29.6 Å². The maximum Gasteiger partial charge on any atom is 0.240 e. The molecule has 0 bridgehead atoms. The van der Waals surface area contributed by atoms with Gasteiger partial charge >= 0.3 is 0 Å². The van der Waals surface area contributed by atoms with Crippen LogP contribution in [0.5, 0.6) is 0 Å². The molecule has 2 N–H and O–H groups in total. The molecule has 1 aromatic rings. The van der Waals surface area contributed by atoms with Crippen molar-refractivity contribution in [1.82, 2.24) is 10.0 Å². The molecule has 0 radical (unpaired) electrons. The molecule has 1 saturated heterocycles. The Labute approximate surface area is 125 Å². The van der Waals surface area contributed by atoms with Crippen LogP contribution >= 0.6 is 12.4 Å². The smallest absolute Gasteiger partial charge is 0.240 e. The van der Waals surface area contributed by atoms with Crippen molar-refractivity contribution in [2.24, 2.45) is 5.92 Å². The minimum Gasteiger partial charge on any atom is -0.316 e. The molecule has 0 aromatic heterocycles. The van der Waals surface area contributed by atoms with Gasteiger partial charge in [-0.15, -0.1) is 12.4 Å². The van der Waals surface area contributed by atoms with Crippen LogP contribution in [0.25, 0.3) is 0 Å². The van der Waals surface area contributed by atoms with Crippen molar-refractivity contribution >= 4 is 22.4 Å². The van der Waals surface area contributed by atoms with Gasteiger partial charge in [0.05, 0.1) is 4.90 Å². The molecule has 2 rings (SSSR count). The number of hydrogen-bond acceptors (Lipinski definition) is 3. The number of sulfonamides is 1. The first kappa shape index (κ1) is 17.4. The summed E-state index contributed by atoms with van der Waals surface area (Å²) in [6.45, 7) is 5.17. The van der Waals surface area contributed by atoms with E-state index in [2.05, 4.69) is 10.0 Å². The Kier molecular flexibility index (Phi) is 5.94. The lowest BCUT2D eigenvalue weighted by atomic mass is 9.97. The zero-order valence-electron chi connectivity index (χ0n) is 11.5. The molecule has 1 aromatic carbocycles. The van der Waals surface area contributed by atoms with Crippen LogP contribution in [0, 0.1) is 18.7 Å². The van der Waals surface area contributed by atoms with Crippen molar-refractivity contribution in [3.8, 4) is 0 Å². The highest BCUT2D eigenvalue weighted by Crippen LogP contribution is 2.17. The number of piperidine rings is 1. The van der Waals surface area contributed by atoms with Gasteiger partial charge in [0, 0.05) is 6.04 Å². The zero-order valence-corrected chi connectivity index (χ0v) is 13.2.